The highest BCUT2D eigenvalue weighted by Crippen LogP contribution is 2.12. The van der Waals surface area contributed by atoms with E-state index in [2.05, 4.69) is 36.5 Å². The second-order valence-corrected chi connectivity index (χ2v) is 4.59. The topological polar surface area (TPSA) is 58.4 Å². The molecule has 1 heterocycles. The monoisotopic (exact) mass is 233 g/mol. The van der Waals surface area contributed by atoms with E-state index in [0.717, 1.165) is 13.0 Å². The number of carbonyl (C=O) groups excluding carboxylic acids is 1. The fraction of sp³-hybridized carbons (Fsp3) is 0.462. The molecular formula is C13H19N3O. The zero-order valence-corrected chi connectivity index (χ0v) is 10.1. The number of carbonyl (C=O) groups is 1. The fourth-order valence-corrected chi connectivity index (χ4v) is 2.08. The number of urea groups is 1. The Kier molecular flexibility index (Phi) is 3.64. The SMILES string of the molecule is Cc1ccc(CN2CC(CCN)NC2=O)cc1. The Bertz CT molecular complexity index is 388. The van der Waals surface area contributed by atoms with Crippen molar-refractivity contribution in [1.82, 2.24) is 10.2 Å². The number of hydrogen-bond acceptors (Lipinski definition) is 2. The quantitative estimate of drug-likeness (QED) is 0.822. The number of nitrogens with one attached hydrogen (secondary N) is 1. The molecule has 0 saturated carbocycles. The van der Waals surface area contributed by atoms with Crippen LogP contribution < -0.4 is 11.1 Å². The third-order valence-corrected chi connectivity index (χ3v) is 3.06. The van der Waals surface area contributed by atoms with E-state index in [1.165, 1.54) is 11.1 Å². The molecule has 1 aliphatic heterocycles. The fourth-order valence-electron chi connectivity index (χ4n) is 2.08. The minimum Gasteiger partial charge on any atom is -0.333 e. The summed E-state index contributed by atoms with van der Waals surface area (Å²) >= 11 is 0. The lowest BCUT2D eigenvalue weighted by atomic mass is 10.1. The van der Waals surface area contributed by atoms with Gasteiger partial charge in [-0.05, 0) is 25.5 Å². The second kappa shape index (κ2) is 5.19. The van der Waals surface area contributed by atoms with Crippen LogP contribution in [0, 0.1) is 6.92 Å². The molecule has 1 saturated heterocycles. The van der Waals surface area contributed by atoms with Gasteiger partial charge in [-0.1, -0.05) is 29.8 Å². The van der Waals surface area contributed by atoms with Gasteiger partial charge in [0.05, 0.1) is 0 Å². The smallest absolute Gasteiger partial charge is 0.318 e. The van der Waals surface area contributed by atoms with Gasteiger partial charge in [-0.3, -0.25) is 0 Å². The highest BCUT2D eigenvalue weighted by Gasteiger charge is 2.27. The number of nitrogens with two attached hydrogens (primary N) is 1. The average molecular weight is 233 g/mol. The summed E-state index contributed by atoms with van der Waals surface area (Å²) < 4.78 is 0. The number of aryl methyl sites for hydroxylation is 1. The van der Waals surface area contributed by atoms with Crippen LogP contribution in [0.1, 0.15) is 17.5 Å². The predicted molar refractivity (Wildman–Crippen MR) is 67.6 cm³/mol. The molecule has 3 N–H and O–H groups in total. The van der Waals surface area contributed by atoms with Crippen molar-refractivity contribution in [3.05, 3.63) is 35.4 Å². The molecule has 0 aliphatic carbocycles. The number of hydrogen-bond donors (Lipinski definition) is 2. The van der Waals surface area contributed by atoms with Crippen molar-refractivity contribution < 1.29 is 4.79 Å². The van der Waals surface area contributed by atoms with Gasteiger partial charge in [-0.15, -0.1) is 0 Å². The number of nitrogens with zero attached hydrogens (tertiary/aromatic N) is 1. The molecule has 1 atom stereocenters. The molecule has 0 spiro atoms. The molecule has 1 aliphatic rings. The van der Waals surface area contributed by atoms with Crippen molar-refractivity contribution in [3.8, 4) is 0 Å². The minimum atomic E-state index is 0.0176. The molecule has 4 nitrogen and oxygen atoms in total. The first kappa shape index (κ1) is 11.9. The van der Waals surface area contributed by atoms with E-state index in [4.69, 9.17) is 5.73 Å². The minimum absolute atomic E-state index is 0.0176. The van der Waals surface area contributed by atoms with Crippen LogP contribution in [0.3, 0.4) is 0 Å². The Labute approximate surface area is 102 Å². The molecule has 4 heteroatoms. The summed E-state index contributed by atoms with van der Waals surface area (Å²) in [6, 6.07) is 8.50. The lowest BCUT2D eigenvalue weighted by molar-refractivity contribution is 0.215. The van der Waals surface area contributed by atoms with Crippen LogP contribution in [0.25, 0.3) is 0 Å². The van der Waals surface area contributed by atoms with Gasteiger partial charge >= 0.3 is 6.03 Å². The summed E-state index contributed by atoms with van der Waals surface area (Å²) in [5, 5.41) is 2.94. The molecule has 2 amide bonds. The van der Waals surface area contributed by atoms with Crippen molar-refractivity contribution in [1.29, 1.82) is 0 Å². The highest BCUT2D eigenvalue weighted by atomic mass is 16.2. The Morgan fingerprint density at radius 2 is 2.12 bits per heavy atom. The predicted octanol–water partition coefficient (Wildman–Crippen LogP) is 1.24. The van der Waals surface area contributed by atoms with Crippen molar-refractivity contribution in [2.45, 2.75) is 25.9 Å². The van der Waals surface area contributed by atoms with E-state index in [9.17, 15) is 4.79 Å². The van der Waals surface area contributed by atoms with Gasteiger partial charge in [0, 0.05) is 19.1 Å². The second-order valence-electron chi connectivity index (χ2n) is 4.59. The zero-order chi connectivity index (χ0) is 12.3. The van der Waals surface area contributed by atoms with E-state index in [0.29, 0.717) is 13.1 Å². The maximum atomic E-state index is 11.7. The van der Waals surface area contributed by atoms with E-state index in [1.54, 1.807) is 0 Å². The standard InChI is InChI=1S/C13H19N3O/c1-10-2-4-11(5-3-10)8-16-9-12(6-7-14)15-13(16)17/h2-5,12H,6-9,14H2,1H3,(H,15,17). The Morgan fingerprint density at radius 3 is 2.76 bits per heavy atom. The van der Waals surface area contributed by atoms with E-state index in [1.807, 2.05) is 4.90 Å². The van der Waals surface area contributed by atoms with Crippen molar-refractivity contribution in [2.75, 3.05) is 13.1 Å². The van der Waals surface area contributed by atoms with Gasteiger partial charge in [0.25, 0.3) is 0 Å². The molecule has 0 bridgehead atoms. The van der Waals surface area contributed by atoms with Gasteiger partial charge < -0.3 is 16.0 Å². The van der Waals surface area contributed by atoms with Gasteiger partial charge in [-0.25, -0.2) is 4.79 Å². The van der Waals surface area contributed by atoms with E-state index < -0.39 is 0 Å². The molecule has 1 aromatic rings. The van der Waals surface area contributed by atoms with Crippen LogP contribution in [0.4, 0.5) is 4.79 Å². The first-order chi connectivity index (χ1) is 8.19. The van der Waals surface area contributed by atoms with Gasteiger partial charge in [0.1, 0.15) is 0 Å². The summed E-state index contributed by atoms with van der Waals surface area (Å²) in [6.07, 6.45) is 0.843. The number of amides is 2. The molecule has 0 radical (unpaired) electrons. The lowest BCUT2D eigenvalue weighted by Gasteiger charge is -2.14. The average Bonchev–Trinajstić information content (AvgIpc) is 2.63. The van der Waals surface area contributed by atoms with Crippen LogP contribution in [0.5, 0.6) is 0 Å². The van der Waals surface area contributed by atoms with Crippen molar-refractivity contribution in [3.63, 3.8) is 0 Å². The third kappa shape index (κ3) is 2.97. The van der Waals surface area contributed by atoms with Gasteiger partial charge in [0.2, 0.25) is 0 Å². The highest BCUT2D eigenvalue weighted by molar-refractivity contribution is 5.76. The largest absolute Gasteiger partial charge is 0.333 e. The third-order valence-electron chi connectivity index (χ3n) is 3.06. The van der Waals surface area contributed by atoms with Crippen LogP contribution >= 0.6 is 0 Å². The summed E-state index contributed by atoms with van der Waals surface area (Å²) in [6.45, 7) is 4.10. The Hall–Kier alpha value is -1.55. The lowest BCUT2D eigenvalue weighted by Crippen LogP contribution is -2.29. The summed E-state index contributed by atoms with van der Waals surface area (Å²) in [5.41, 5.74) is 7.90. The van der Waals surface area contributed by atoms with Crippen LogP contribution in [0.15, 0.2) is 24.3 Å². The summed E-state index contributed by atoms with van der Waals surface area (Å²) in [7, 11) is 0. The van der Waals surface area contributed by atoms with Crippen molar-refractivity contribution >= 4 is 6.03 Å². The molecule has 92 valence electrons. The van der Waals surface area contributed by atoms with Crippen molar-refractivity contribution in [2.24, 2.45) is 5.73 Å². The zero-order valence-electron chi connectivity index (χ0n) is 10.1. The Balaban J connectivity index is 1.95. The molecule has 17 heavy (non-hydrogen) atoms. The van der Waals surface area contributed by atoms with Crippen LogP contribution in [-0.4, -0.2) is 30.1 Å². The first-order valence-electron chi connectivity index (χ1n) is 6.00. The summed E-state index contributed by atoms with van der Waals surface area (Å²) in [4.78, 5) is 13.5. The van der Waals surface area contributed by atoms with Gasteiger partial charge in [0.15, 0.2) is 0 Å². The molecular weight excluding hydrogens is 214 g/mol. The molecule has 0 aromatic heterocycles. The maximum Gasteiger partial charge on any atom is 0.318 e. The van der Waals surface area contributed by atoms with Gasteiger partial charge in [-0.2, -0.15) is 0 Å². The number of rotatable bonds is 4. The summed E-state index contributed by atoms with van der Waals surface area (Å²) in [5.74, 6) is 0. The molecule has 1 unspecified atom stereocenters. The van der Waals surface area contributed by atoms with E-state index in [-0.39, 0.29) is 12.1 Å². The van der Waals surface area contributed by atoms with E-state index >= 15 is 0 Å². The molecule has 1 aromatic carbocycles. The first-order valence-corrected chi connectivity index (χ1v) is 6.00. The Morgan fingerprint density at radius 1 is 1.41 bits per heavy atom. The maximum absolute atomic E-state index is 11.7. The molecule has 1 fully saturated rings. The normalized spacial score (nSPS) is 19.5. The number of benzene rings is 1. The van der Waals surface area contributed by atoms with Crippen LogP contribution in [-0.2, 0) is 6.54 Å². The van der Waals surface area contributed by atoms with Crippen LogP contribution in [0.2, 0.25) is 0 Å². The molecule has 2 rings (SSSR count).